The van der Waals surface area contributed by atoms with Crippen LogP contribution in [0.2, 0.25) is 0 Å². The summed E-state index contributed by atoms with van der Waals surface area (Å²) in [5, 5.41) is 0. The van der Waals surface area contributed by atoms with Gasteiger partial charge in [-0.25, -0.2) is 0 Å². The SMILES string of the molecule is CCCCCCOc1ccc(OCCCCCC)c(/C=C/c2ccc(/C=C/c3cc(OCCCCCC)ccc3OCCCCCC)s2)c1. The lowest BCUT2D eigenvalue weighted by Gasteiger charge is -2.12. The predicted molar refractivity (Wildman–Crippen MR) is 214 cm³/mol. The molecule has 0 radical (unpaired) electrons. The van der Waals surface area contributed by atoms with Gasteiger partial charge in [-0.15, -0.1) is 11.3 Å². The first-order valence-corrected chi connectivity index (χ1v) is 20.2. The van der Waals surface area contributed by atoms with Gasteiger partial charge in [0, 0.05) is 20.9 Å². The molecule has 4 nitrogen and oxygen atoms in total. The first-order valence-electron chi connectivity index (χ1n) is 19.4. The minimum Gasteiger partial charge on any atom is -0.494 e. The van der Waals surface area contributed by atoms with E-state index in [1.807, 2.05) is 12.1 Å². The van der Waals surface area contributed by atoms with Crippen molar-refractivity contribution in [3.05, 3.63) is 69.4 Å². The van der Waals surface area contributed by atoms with Crippen LogP contribution in [0.4, 0.5) is 0 Å². The number of hydrogen-bond acceptors (Lipinski definition) is 5. The van der Waals surface area contributed by atoms with Gasteiger partial charge in [-0.2, -0.15) is 0 Å². The largest absolute Gasteiger partial charge is 0.494 e. The van der Waals surface area contributed by atoms with E-state index >= 15 is 0 Å². The Morgan fingerprint density at radius 2 is 0.776 bits per heavy atom. The van der Waals surface area contributed by atoms with Crippen molar-refractivity contribution in [3.63, 3.8) is 0 Å². The van der Waals surface area contributed by atoms with Crippen LogP contribution in [0.25, 0.3) is 24.3 Å². The van der Waals surface area contributed by atoms with Gasteiger partial charge in [0.1, 0.15) is 23.0 Å². The first kappa shape index (κ1) is 40.3. The third-order valence-corrected chi connectivity index (χ3v) is 9.52. The highest BCUT2D eigenvalue weighted by molar-refractivity contribution is 7.13. The summed E-state index contributed by atoms with van der Waals surface area (Å²) >= 11 is 1.77. The normalized spacial score (nSPS) is 11.5. The lowest BCUT2D eigenvalue weighted by atomic mass is 10.1. The molecule has 0 atom stereocenters. The molecule has 0 aliphatic rings. The molecule has 0 amide bonds. The second-order valence-electron chi connectivity index (χ2n) is 12.9. The summed E-state index contributed by atoms with van der Waals surface area (Å²) in [7, 11) is 0. The second-order valence-corrected chi connectivity index (χ2v) is 14.1. The van der Waals surface area contributed by atoms with Crippen LogP contribution >= 0.6 is 11.3 Å². The van der Waals surface area contributed by atoms with Crippen molar-refractivity contribution in [1.29, 1.82) is 0 Å². The molecule has 270 valence electrons. The summed E-state index contributed by atoms with van der Waals surface area (Å²) in [4.78, 5) is 2.38. The molecule has 0 saturated carbocycles. The Morgan fingerprint density at radius 1 is 0.408 bits per heavy atom. The lowest BCUT2D eigenvalue weighted by Crippen LogP contribution is -2.01. The fourth-order valence-electron chi connectivity index (χ4n) is 5.51. The maximum absolute atomic E-state index is 6.25. The summed E-state index contributed by atoms with van der Waals surface area (Å²) in [6.45, 7) is 11.9. The van der Waals surface area contributed by atoms with Crippen molar-refractivity contribution in [2.45, 2.75) is 130 Å². The zero-order valence-corrected chi connectivity index (χ0v) is 31.9. The molecule has 0 fully saturated rings. The van der Waals surface area contributed by atoms with Crippen molar-refractivity contribution in [1.82, 2.24) is 0 Å². The molecular weight excluding hydrogens is 625 g/mol. The molecule has 49 heavy (non-hydrogen) atoms. The Labute approximate surface area is 302 Å². The van der Waals surface area contributed by atoms with E-state index in [1.165, 1.54) is 86.8 Å². The minimum absolute atomic E-state index is 0.738. The number of benzene rings is 2. The first-order chi connectivity index (χ1) is 24.2. The Kier molecular flexibility index (Phi) is 21.1. The molecule has 0 saturated heterocycles. The minimum atomic E-state index is 0.738. The van der Waals surface area contributed by atoms with E-state index in [-0.39, 0.29) is 0 Å². The highest BCUT2D eigenvalue weighted by Crippen LogP contribution is 2.30. The Bertz CT molecular complexity index is 1240. The molecule has 1 heterocycles. The van der Waals surface area contributed by atoms with Crippen molar-refractivity contribution < 1.29 is 18.9 Å². The smallest absolute Gasteiger partial charge is 0.126 e. The van der Waals surface area contributed by atoms with Crippen LogP contribution in [0.15, 0.2) is 48.5 Å². The van der Waals surface area contributed by atoms with Gasteiger partial charge in [-0.3, -0.25) is 0 Å². The summed E-state index contributed by atoms with van der Waals surface area (Å²) in [5.74, 6) is 3.63. The summed E-state index contributed by atoms with van der Waals surface area (Å²) in [6.07, 6.45) is 27.8. The van der Waals surface area contributed by atoms with E-state index in [1.54, 1.807) is 11.3 Å². The van der Waals surface area contributed by atoms with Gasteiger partial charge in [0.15, 0.2) is 0 Å². The lowest BCUT2D eigenvalue weighted by molar-refractivity contribution is 0.296. The fourth-order valence-corrected chi connectivity index (χ4v) is 6.32. The molecule has 0 N–H and O–H groups in total. The molecule has 1 aromatic heterocycles. The molecule has 0 aliphatic heterocycles. The van der Waals surface area contributed by atoms with E-state index in [9.17, 15) is 0 Å². The highest BCUT2D eigenvalue weighted by atomic mass is 32.1. The maximum Gasteiger partial charge on any atom is 0.126 e. The van der Waals surface area contributed by atoms with E-state index in [0.29, 0.717) is 0 Å². The summed E-state index contributed by atoms with van der Waals surface area (Å²) in [5.41, 5.74) is 2.11. The third-order valence-electron chi connectivity index (χ3n) is 8.51. The molecule has 3 aromatic rings. The number of rotatable bonds is 28. The predicted octanol–water partition coefficient (Wildman–Crippen LogP) is 13.9. The quantitative estimate of drug-likeness (QED) is 0.0712. The van der Waals surface area contributed by atoms with Gasteiger partial charge in [0.25, 0.3) is 0 Å². The average molecular weight is 689 g/mol. The zero-order valence-electron chi connectivity index (χ0n) is 31.1. The average Bonchev–Trinajstić information content (AvgIpc) is 3.58. The van der Waals surface area contributed by atoms with Crippen LogP contribution < -0.4 is 18.9 Å². The third kappa shape index (κ3) is 16.9. The second kappa shape index (κ2) is 25.7. The summed E-state index contributed by atoms with van der Waals surface area (Å²) in [6, 6.07) is 16.8. The molecular formula is C44H64O4S. The van der Waals surface area contributed by atoms with Gasteiger partial charge in [0.2, 0.25) is 0 Å². The van der Waals surface area contributed by atoms with Crippen molar-refractivity contribution in [2.24, 2.45) is 0 Å². The fraction of sp³-hybridized carbons (Fsp3) is 0.545. The van der Waals surface area contributed by atoms with Crippen LogP contribution in [0.1, 0.15) is 151 Å². The Balaban J connectivity index is 1.71. The molecule has 0 spiro atoms. The molecule has 0 bridgehead atoms. The van der Waals surface area contributed by atoms with E-state index in [0.717, 1.165) is 86.2 Å². The maximum atomic E-state index is 6.25. The van der Waals surface area contributed by atoms with Crippen LogP contribution in [0.3, 0.4) is 0 Å². The molecule has 0 aliphatic carbocycles. The van der Waals surface area contributed by atoms with Crippen molar-refractivity contribution >= 4 is 35.6 Å². The molecule has 2 aromatic carbocycles. The Morgan fingerprint density at radius 3 is 1.14 bits per heavy atom. The highest BCUT2D eigenvalue weighted by Gasteiger charge is 2.07. The van der Waals surface area contributed by atoms with Crippen LogP contribution in [0.5, 0.6) is 23.0 Å². The molecule has 3 rings (SSSR count). The molecule has 5 heteroatoms. The van der Waals surface area contributed by atoms with Gasteiger partial charge in [-0.05, 0) is 98.5 Å². The number of unbranched alkanes of at least 4 members (excludes halogenated alkanes) is 12. The Hall–Kier alpha value is -3.18. The van der Waals surface area contributed by atoms with Gasteiger partial charge >= 0.3 is 0 Å². The number of hydrogen-bond donors (Lipinski definition) is 0. The van der Waals surface area contributed by atoms with Crippen LogP contribution in [-0.4, -0.2) is 26.4 Å². The van der Waals surface area contributed by atoms with Crippen LogP contribution in [0, 0.1) is 0 Å². The van der Waals surface area contributed by atoms with Gasteiger partial charge in [0.05, 0.1) is 26.4 Å². The van der Waals surface area contributed by atoms with Gasteiger partial charge in [-0.1, -0.05) is 105 Å². The van der Waals surface area contributed by atoms with E-state index < -0.39 is 0 Å². The monoisotopic (exact) mass is 688 g/mol. The van der Waals surface area contributed by atoms with Gasteiger partial charge < -0.3 is 18.9 Å². The van der Waals surface area contributed by atoms with Crippen molar-refractivity contribution in [3.8, 4) is 23.0 Å². The van der Waals surface area contributed by atoms with E-state index in [4.69, 9.17) is 18.9 Å². The van der Waals surface area contributed by atoms with Crippen molar-refractivity contribution in [2.75, 3.05) is 26.4 Å². The number of thiophene rings is 1. The number of ether oxygens (including phenoxy) is 4. The topological polar surface area (TPSA) is 36.9 Å². The molecule has 0 unspecified atom stereocenters. The summed E-state index contributed by atoms with van der Waals surface area (Å²) < 4.78 is 24.7. The standard InChI is InChI=1S/C44H64O4S/c1-5-9-13-17-31-45-39-23-29-43(47-33-19-15-11-7-3)37(35-39)21-25-41-27-28-42(49-41)26-22-38-36-40(46-32-18-14-10-6-2)24-30-44(38)48-34-20-16-12-8-4/h21-30,35-36H,5-20,31-34H2,1-4H3/b25-21+,26-22+. The van der Waals surface area contributed by atoms with E-state index in [2.05, 4.69) is 88.4 Å². The van der Waals surface area contributed by atoms with Crippen LogP contribution in [-0.2, 0) is 0 Å². The zero-order chi connectivity index (χ0) is 34.8.